The Morgan fingerprint density at radius 2 is 1.27 bits per heavy atom. The summed E-state index contributed by atoms with van der Waals surface area (Å²) < 4.78 is 126. The number of hydrogen-bond donors (Lipinski definition) is 0. The number of rotatable bonds is 7. The Kier molecular flexibility index (Phi) is 8.79. The van der Waals surface area contributed by atoms with Crippen molar-refractivity contribution in [3.8, 4) is 0 Å². The average Bonchev–Trinajstić information content (AvgIpc) is 3.09. The Bertz CT molecular complexity index is 1180. The van der Waals surface area contributed by atoms with E-state index < -0.39 is 65.6 Å². The minimum atomic E-state index is -5.10. The number of benzene rings is 2. The van der Waals surface area contributed by atoms with Gasteiger partial charge in [0.25, 0.3) is 0 Å². The smallest absolute Gasteiger partial charge is 0.416 e. The van der Waals surface area contributed by atoms with E-state index in [1.807, 2.05) is 32.6 Å². The van der Waals surface area contributed by atoms with E-state index in [0.29, 0.717) is 17.7 Å². The highest BCUT2D eigenvalue weighted by Crippen LogP contribution is 2.41. The maximum atomic E-state index is 13.5. The fourth-order valence-corrected chi connectivity index (χ4v) is 4.75. The fraction of sp³-hybridized carbons (Fsp3) is 0.519. The number of ether oxygens (including phenoxy) is 1. The van der Waals surface area contributed by atoms with Gasteiger partial charge < -0.3 is 4.74 Å². The molecule has 1 saturated heterocycles. The lowest BCUT2D eigenvalue weighted by molar-refractivity contribution is -0.143. The van der Waals surface area contributed by atoms with E-state index >= 15 is 0 Å². The Labute approximate surface area is 225 Å². The quantitative estimate of drug-likeness (QED) is 0.306. The molecule has 0 unspecified atom stereocenters. The van der Waals surface area contributed by atoms with Gasteiger partial charge >= 0.3 is 24.6 Å². The highest BCUT2D eigenvalue weighted by molar-refractivity contribution is 5.71. The van der Waals surface area contributed by atoms with Crippen LogP contribution < -0.4 is 0 Å². The number of cyclic esters (lactones) is 1. The molecule has 1 fully saturated rings. The molecular formula is C27H29F9N2O2. The van der Waals surface area contributed by atoms with Crippen LogP contribution in [0.15, 0.2) is 36.4 Å². The van der Waals surface area contributed by atoms with Crippen LogP contribution in [-0.2, 0) is 36.4 Å². The molecule has 2 aromatic rings. The summed E-state index contributed by atoms with van der Waals surface area (Å²) in [6.45, 7) is 8.86. The molecule has 3 rings (SSSR count). The van der Waals surface area contributed by atoms with Crippen molar-refractivity contribution in [2.24, 2.45) is 0 Å². The molecule has 40 heavy (non-hydrogen) atoms. The summed E-state index contributed by atoms with van der Waals surface area (Å²) >= 11 is 0. The maximum absolute atomic E-state index is 13.5. The molecule has 0 saturated carbocycles. The van der Waals surface area contributed by atoms with Crippen molar-refractivity contribution in [2.75, 3.05) is 0 Å². The van der Waals surface area contributed by atoms with Gasteiger partial charge in [-0.15, -0.1) is 0 Å². The van der Waals surface area contributed by atoms with E-state index in [9.17, 15) is 44.3 Å². The molecule has 0 radical (unpaired) electrons. The zero-order chi connectivity index (χ0) is 30.4. The van der Waals surface area contributed by atoms with Gasteiger partial charge in [0.1, 0.15) is 6.10 Å². The van der Waals surface area contributed by atoms with E-state index in [2.05, 4.69) is 0 Å². The molecule has 1 aliphatic rings. The summed E-state index contributed by atoms with van der Waals surface area (Å²) in [5.74, 6) is 0. The SMILES string of the molecule is CC(C)N(Cc1ccc(C(F)(F)F)cc1CN1C(=O)O[C@H](c2cc(C(F)(F)F)cc(C(F)(F)F)c2)[C@@H]1C)C(C)C. The molecule has 1 amide bonds. The second-order valence-electron chi connectivity index (χ2n) is 10.4. The van der Waals surface area contributed by atoms with E-state index in [1.165, 1.54) is 13.0 Å². The highest BCUT2D eigenvalue weighted by atomic mass is 19.4. The monoisotopic (exact) mass is 584 g/mol. The van der Waals surface area contributed by atoms with Crippen LogP contribution >= 0.6 is 0 Å². The number of carbonyl (C=O) groups is 1. The van der Waals surface area contributed by atoms with Gasteiger partial charge in [0.05, 0.1) is 22.7 Å². The summed E-state index contributed by atoms with van der Waals surface area (Å²) in [6.07, 6.45) is -17.5. The van der Waals surface area contributed by atoms with Crippen molar-refractivity contribution < 1.29 is 49.0 Å². The van der Waals surface area contributed by atoms with Gasteiger partial charge in [-0.2, -0.15) is 39.5 Å². The zero-order valence-corrected chi connectivity index (χ0v) is 22.3. The Morgan fingerprint density at radius 3 is 1.73 bits per heavy atom. The number of alkyl halides is 9. The first-order valence-corrected chi connectivity index (χ1v) is 12.4. The molecule has 13 heteroatoms. The Balaban J connectivity index is 2.02. The lowest BCUT2D eigenvalue weighted by Gasteiger charge is -2.32. The molecule has 222 valence electrons. The first-order chi connectivity index (χ1) is 18.2. The third-order valence-electron chi connectivity index (χ3n) is 6.88. The Hall–Kier alpha value is -2.96. The molecule has 0 spiro atoms. The van der Waals surface area contributed by atoms with Crippen LogP contribution in [0.4, 0.5) is 44.3 Å². The number of nitrogens with zero attached hydrogens (tertiary/aromatic N) is 2. The van der Waals surface area contributed by atoms with Crippen LogP contribution in [0.2, 0.25) is 0 Å². The molecule has 1 aliphatic heterocycles. The van der Waals surface area contributed by atoms with Crippen molar-refractivity contribution >= 4 is 6.09 Å². The molecule has 0 bridgehead atoms. The van der Waals surface area contributed by atoms with E-state index in [-0.39, 0.29) is 30.3 Å². The minimum Gasteiger partial charge on any atom is -0.439 e. The topological polar surface area (TPSA) is 32.8 Å². The number of carbonyl (C=O) groups excluding carboxylic acids is 1. The first-order valence-electron chi connectivity index (χ1n) is 12.4. The van der Waals surface area contributed by atoms with E-state index in [4.69, 9.17) is 4.74 Å². The van der Waals surface area contributed by atoms with Crippen molar-refractivity contribution in [1.29, 1.82) is 0 Å². The van der Waals surface area contributed by atoms with Gasteiger partial charge in [-0.3, -0.25) is 9.80 Å². The summed E-state index contributed by atoms with van der Waals surface area (Å²) in [7, 11) is 0. The van der Waals surface area contributed by atoms with Crippen molar-refractivity contribution in [3.63, 3.8) is 0 Å². The van der Waals surface area contributed by atoms with Crippen molar-refractivity contribution in [3.05, 3.63) is 69.8 Å². The van der Waals surface area contributed by atoms with Crippen LogP contribution in [-0.4, -0.2) is 34.0 Å². The summed E-state index contributed by atoms with van der Waals surface area (Å²) in [5.41, 5.74) is -4.01. The molecule has 2 aromatic carbocycles. The standard InChI is InChI=1S/C27H29F9N2O2/c1-14(2)37(15(3)4)12-17-6-7-20(25(28,29)30)10-19(17)13-38-16(5)23(40-24(38)39)18-8-21(26(31,32)33)11-22(9-18)27(34,35)36/h6-11,14-16,23H,12-13H2,1-5H3/t16-,23-/m0/s1. The molecule has 0 aromatic heterocycles. The van der Waals surface area contributed by atoms with Crippen LogP contribution in [0.25, 0.3) is 0 Å². The van der Waals surface area contributed by atoms with E-state index in [1.54, 1.807) is 0 Å². The molecular weight excluding hydrogens is 555 g/mol. The van der Waals surface area contributed by atoms with Gasteiger partial charge in [-0.25, -0.2) is 4.79 Å². The van der Waals surface area contributed by atoms with Crippen molar-refractivity contribution in [2.45, 2.75) is 90.5 Å². The molecule has 0 aliphatic carbocycles. The highest BCUT2D eigenvalue weighted by Gasteiger charge is 2.43. The van der Waals surface area contributed by atoms with Crippen LogP contribution in [0.3, 0.4) is 0 Å². The normalized spacial score (nSPS) is 18.8. The average molecular weight is 585 g/mol. The van der Waals surface area contributed by atoms with Gasteiger partial charge in [-0.05, 0) is 81.6 Å². The molecule has 2 atom stereocenters. The number of hydrogen-bond acceptors (Lipinski definition) is 3. The number of halogens is 9. The zero-order valence-electron chi connectivity index (χ0n) is 22.3. The fourth-order valence-electron chi connectivity index (χ4n) is 4.75. The Morgan fingerprint density at radius 1 is 0.775 bits per heavy atom. The lowest BCUT2D eigenvalue weighted by atomic mass is 9.96. The van der Waals surface area contributed by atoms with Crippen LogP contribution in [0.1, 0.15) is 74.1 Å². The van der Waals surface area contributed by atoms with Gasteiger partial charge in [-0.1, -0.05) is 6.07 Å². The second-order valence-corrected chi connectivity index (χ2v) is 10.4. The molecule has 4 nitrogen and oxygen atoms in total. The minimum absolute atomic E-state index is 0.0268. The summed E-state index contributed by atoms with van der Waals surface area (Å²) in [5, 5.41) is 0. The first kappa shape index (κ1) is 31.6. The predicted molar refractivity (Wildman–Crippen MR) is 128 cm³/mol. The third kappa shape index (κ3) is 7.02. The second kappa shape index (κ2) is 11.1. The van der Waals surface area contributed by atoms with Crippen LogP contribution in [0.5, 0.6) is 0 Å². The predicted octanol–water partition coefficient (Wildman–Crippen LogP) is 8.44. The maximum Gasteiger partial charge on any atom is 0.416 e. The molecule has 0 N–H and O–H groups in total. The van der Waals surface area contributed by atoms with E-state index in [0.717, 1.165) is 17.0 Å². The van der Waals surface area contributed by atoms with Gasteiger partial charge in [0, 0.05) is 25.2 Å². The van der Waals surface area contributed by atoms with Crippen molar-refractivity contribution in [1.82, 2.24) is 9.80 Å². The van der Waals surface area contributed by atoms with Gasteiger partial charge in [0.15, 0.2) is 0 Å². The van der Waals surface area contributed by atoms with Gasteiger partial charge in [0.2, 0.25) is 0 Å². The lowest BCUT2D eigenvalue weighted by Crippen LogP contribution is -2.37. The third-order valence-corrected chi connectivity index (χ3v) is 6.88. The molecule has 1 heterocycles. The largest absolute Gasteiger partial charge is 0.439 e. The summed E-state index contributed by atoms with van der Waals surface area (Å²) in [4.78, 5) is 15.8. The van der Waals surface area contributed by atoms with Crippen LogP contribution in [0, 0.1) is 0 Å². The number of amides is 1. The summed E-state index contributed by atoms with van der Waals surface area (Å²) in [6, 6.07) is 3.01.